The lowest BCUT2D eigenvalue weighted by molar-refractivity contribution is 0.162. The molecule has 0 aliphatic carbocycles. The molecule has 0 atom stereocenters. The quantitative estimate of drug-likeness (QED) is 0.827. The number of ether oxygens (including phenoxy) is 1. The molecule has 0 radical (unpaired) electrons. The van der Waals surface area contributed by atoms with Crippen molar-refractivity contribution in [2.24, 2.45) is 0 Å². The predicted octanol–water partition coefficient (Wildman–Crippen LogP) is 3.09. The van der Waals surface area contributed by atoms with Crippen molar-refractivity contribution in [2.75, 3.05) is 17.8 Å². The third-order valence-electron chi connectivity index (χ3n) is 4.06. The molecule has 3 rings (SSSR count). The lowest BCUT2D eigenvalue weighted by Gasteiger charge is -2.23. The Morgan fingerprint density at radius 3 is 2.52 bits per heavy atom. The fourth-order valence-corrected chi connectivity index (χ4v) is 3.85. The average Bonchev–Trinajstić information content (AvgIpc) is 2.64. The molecule has 1 heterocycles. The van der Waals surface area contributed by atoms with Gasteiger partial charge in [0.05, 0.1) is 4.90 Å². The molecule has 0 amide bonds. The Morgan fingerprint density at radius 1 is 1.12 bits per heavy atom. The Balaban J connectivity index is 1.67. The lowest BCUT2D eigenvalue weighted by Crippen LogP contribution is -2.34. The van der Waals surface area contributed by atoms with Crippen LogP contribution in [0.4, 0.5) is 10.1 Å². The van der Waals surface area contributed by atoms with Crippen LogP contribution in [0.5, 0.6) is 5.75 Å². The molecule has 0 bridgehead atoms. The van der Waals surface area contributed by atoms with Gasteiger partial charge in [0.15, 0.2) is 0 Å². The standard InChI is InChI=1S/C18H21FN2O3S/c19-13-14-2-1-3-18(12-14)25(22,23)21-15-4-6-16(7-5-15)24-17-8-10-20-11-9-17/h1-7,12,17,20-21H,8-11,13H2. The number of anilines is 1. The van der Waals surface area contributed by atoms with Crippen LogP contribution in [0.1, 0.15) is 18.4 Å². The highest BCUT2D eigenvalue weighted by atomic mass is 32.2. The number of hydrogen-bond donors (Lipinski definition) is 2. The smallest absolute Gasteiger partial charge is 0.261 e. The summed E-state index contributed by atoms with van der Waals surface area (Å²) in [6.07, 6.45) is 2.10. The number of alkyl halides is 1. The van der Waals surface area contributed by atoms with E-state index in [2.05, 4.69) is 10.0 Å². The summed E-state index contributed by atoms with van der Waals surface area (Å²) in [4.78, 5) is 0.0395. The van der Waals surface area contributed by atoms with Crippen molar-refractivity contribution in [2.45, 2.75) is 30.5 Å². The van der Waals surface area contributed by atoms with Gasteiger partial charge >= 0.3 is 0 Å². The molecular formula is C18H21FN2O3S. The summed E-state index contributed by atoms with van der Waals surface area (Å²) in [5.41, 5.74) is 0.761. The Morgan fingerprint density at radius 2 is 1.84 bits per heavy atom. The van der Waals surface area contributed by atoms with E-state index in [4.69, 9.17) is 4.74 Å². The molecule has 1 fully saturated rings. The Bertz CT molecular complexity index is 803. The number of hydrogen-bond acceptors (Lipinski definition) is 4. The van der Waals surface area contributed by atoms with E-state index in [1.807, 2.05) is 0 Å². The van der Waals surface area contributed by atoms with Crippen molar-refractivity contribution in [1.82, 2.24) is 5.32 Å². The molecule has 25 heavy (non-hydrogen) atoms. The van der Waals surface area contributed by atoms with Gasteiger partial charge in [-0.15, -0.1) is 0 Å². The monoisotopic (exact) mass is 364 g/mol. The van der Waals surface area contributed by atoms with Gasteiger partial charge in [-0.3, -0.25) is 4.72 Å². The highest BCUT2D eigenvalue weighted by Gasteiger charge is 2.16. The number of benzene rings is 2. The topological polar surface area (TPSA) is 67.4 Å². The summed E-state index contributed by atoms with van der Waals surface area (Å²) in [6.45, 7) is 1.19. The zero-order chi connectivity index (χ0) is 17.7. The first kappa shape index (κ1) is 17.7. The number of sulfonamides is 1. The fraction of sp³-hybridized carbons (Fsp3) is 0.333. The molecule has 1 saturated heterocycles. The molecule has 0 spiro atoms. The van der Waals surface area contributed by atoms with Crippen LogP contribution in [-0.2, 0) is 16.7 Å². The van der Waals surface area contributed by atoms with Gasteiger partial charge in [0.1, 0.15) is 18.5 Å². The van der Waals surface area contributed by atoms with Gasteiger partial charge in [0.25, 0.3) is 10.0 Å². The molecule has 0 aromatic heterocycles. The van der Waals surface area contributed by atoms with Crippen molar-refractivity contribution in [1.29, 1.82) is 0 Å². The van der Waals surface area contributed by atoms with Gasteiger partial charge in [-0.2, -0.15) is 0 Å². The van der Waals surface area contributed by atoms with Gasteiger partial charge in [-0.25, -0.2) is 12.8 Å². The molecule has 7 heteroatoms. The van der Waals surface area contributed by atoms with Gasteiger partial charge in [-0.05, 0) is 67.9 Å². The molecule has 0 unspecified atom stereocenters. The largest absolute Gasteiger partial charge is 0.490 e. The van der Waals surface area contributed by atoms with Crippen LogP contribution >= 0.6 is 0 Å². The summed E-state index contributed by atoms with van der Waals surface area (Å²) in [5, 5.41) is 3.28. The van der Waals surface area contributed by atoms with Crippen molar-refractivity contribution in [3.63, 3.8) is 0 Å². The second-order valence-electron chi connectivity index (χ2n) is 5.98. The van der Waals surface area contributed by atoms with Crippen LogP contribution < -0.4 is 14.8 Å². The Hall–Kier alpha value is -2.12. The van der Waals surface area contributed by atoms with Crippen molar-refractivity contribution in [3.8, 4) is 5.75 Å². The minimum absolute atomic E-state index is 0.0395. The molecule has 1 aliphatic rings. The summed E-state index contributed by atoms with van der Waals surface area (Å²) in [5.74, 6) is 0.717. The number of nitrogens with one attached hydrogen (secondary N) is 2. The molecule has 2 aromatic rings. The Labute approximate surface area is 147 Å². The zero-order valence-corrected chi connectivity index (χ0v) is 14.6. The van der Waals surface area contributed by atoms with Crippen molar-refractivity contribution >= 4 is 15.7 Å². The third kappa shape index (κ3) is 4.70. The van der Waals surface area contributed by atoms with Gasteiger partial charge < -0.3 is 10.1 Å². The predicted molar refractivity (Wildman–Crippen MR) is 95.0 cm³/mol. The van der Waals surface area contributed by atoms with Gasteiger partial charge in [0, 0.05) is 5.69 Å². The van der Waals surface area contributed by atoms with E-state index < -0.39 is 16.7 Å². The van der Waals surface area contributed by atoms with E-state index >= 15 is 0 Å². The van der Waals surface area contributed by atoms with Gasteiger partial charge in [0.2, 0.25) is 0 Å². The number of rotatable bonds is 6. The van der Waals surface area contributed by atoms with Crippen LogP contribution in [0.15, 0.2) is 53.4 Å². The summed E-state index contributed by atoms with van der Waals surface area (Å²) < 4.78 is 45.9. The molecule has 2 N–H and O–H groups in total. The van der Waals surface area contributed by atoms with Crippen molar-refractivity contribution < 1.29 is 17.5 Å². The molecular weight excluding hydrogens is 343 g/mol. The van der Waals surface area contributed by atoms with E-state index in [0.29, 0.717) is 17.0 Å². The van der Waals surface area contributed by atoms with E-state index in [1.165, 1.54) is 18.2 Å². The maximum atomic E-state index is 12.7. The van der Waals surface area contributed by atoms with Crippen LogP contribution in [0, 0.1) is 0 Å². The second kappa shape index (κ2) is 7.84. The summed E-state index contributed by atoms with van der Waals surface area (Å²) in [6, 6.07) is 12.7. The number of piperidine rings is 1. The lowest BCUT2D eigenvalue weighted by atomic mass is 10.1. The highest BCUT2D eigenvalue weighted by Crippen LogP contribution is 2.22. The first-order valence-electron chi connectivity index (χ1n) is 8.22. The SMILES string of the molecule is O=S(=O)(Nc1ccc(OC2CCNCC2)cc1)c1cccc(CF)c1. The summed E-state index contributed by atoms with van der Waals surface area (Å²) >= 11 is 0. The fourth-order valence-electron chi connectivity index (χ4n) is 2.72. The molecule has 2 aromatic carbocycles. The molecule has 134 valence electrons. The van der Waals surface area contributed by atoms with E-state index in [9.17, 15) is 12.8 Å². The Kier molecular flexibility index (Phi) is 5.55. The second-order valence-corrected chi connectivity index (χ2v) is 7.66. The third-order valence-corrected chi connectivity index (χ3v) is 5.44. The normalized spacial score (nSPS) is 15.7. The van der Waals surface area contributed by atoms with Crippen molar-refractivity contribution in [3.05, 3.63) is 54.1 Å². The van der Waals surface area contributed by atoms with Crippen LogP contribution in [0.2, 0.25) is 0 Å². The van der Waals surface area contributed by atoms with Crippen LogP contribution in [-0.4, -0.2) is 27.6 Å². The van der Waals surface area contributed by atoms with E-state index in [-0.39, 0.29) is 11.0 Å². The van der Waals surface area contributed by atoms with Gasteiger partial charge in [-0.1, -0.05) is 12.1 Å². The van der Waals surface area contributed by atoms with Crippen LogP contribution in [0.3, 0.4) is 0 Å². The van der Waals surface area contributed by atoms with E-state index in [0.717, 1.165) is 25.9 Å². The first-order chi connectivity index (χ1) is 12.1. The highest BCUT2D eigenvalue weighted by molar-refractivity contribution is 7.92. The minimum atomic E-state index is -3.75. The molecule has 5 nitrogen and oxygen atoms in total. The summed E-state index contributed by atoms with van der Waals surface area (Å²) in [7, 11) is -3.75. The maximum Gasteiger partial charge on any atom is 0.261 e. The minimum Gasteiger partial charge on any atom is -0.490 e. The maximum absolute atomic E-state index is 12.7. The number of halogens is 1. The van der Waals surface area contributed by atoms with E-state index in [1.54, 1.807) is 30.3 Å². The average molecular weight is 364 g/mol. The molecule has 1 aliphatic heterocycles. The zero-order valence-electron chi connectivity index (χ0n) is 13.7. The molecule has 0 saturated carbocycles. The first-order valence-corrected chi connectivity index (χ1v) is 9.70. The van der Waals surface area contributed by atoms with Crippen LogP contribution in [0.25, 0.3) is 0 Å².